The quantitative estimate of drug-likeness (QED) is 0.782. The zero-order valence-corrected chi connectivity index (χ0v) is 13.6. The SMILES string of the molecule is NC(=S)CN(C1CCCC1)S(=O)(=O)N1CCCCCC1. The molecule has 0 aromatic carbocycles. The first-order valence-corrected chi connectivity index (χ1v) is 9.37. The van der Waals surface area contributed by atoms with Crippen LogP contribution >= 0.6 is 12.2 Å². The lowest BCUT2D eigenvalue weighted by Gasteiger charge is -2.32. The average molecular weight is 319 g/mol. The molecule has 0 radical (unpaired) electrons. The molecule has 7 heteroatoms. The molecule has 1 heterocycles. The average Bonchev–Trinajstić information content (AvgIpc) is 2.76. The standard InChI is InChI=1S/C13H25N3O2S2/c14-13(19)11-16(12-7-3-4-8-12)20(17,18)15-9-5-1-2-6-10-15/h12H,1-11H2,(H2,14,19). The molecule has 1 saturated carbocycles. The van der Waals surface area contributed by atoms with Crippen LogP contribution in [0, 0.1) is 0 Å². The third-order valence-corrected chi connectivity index (χ3v) is 6.40. The molecule has 0 aromatic heterocycles. The monoisotopic (exact) mass is 319 g/mol. The molecule has 0 bridgehead atoms. The van der Waals surface area contributed by atoms with Gasteiger partial charge in [0.15, 0.2) is 0 Å². The van der Waals surface area contributed by atoms with E-state index in [1.54, 1.807) is 8.61 Å². The second-order valence-electron chi connectivity index (χ2n) is 5.77. The fourth-order valence-corrected chi connectivity index (χ4v) is 5.29. The summed E-state index contributed by atoms with van der Waals surface area (Å²) >= 11 is 4.96. The van der Waals surface area contributed by atoms with Crippen molar-refractivity contribution in [3.63, 3.8) is 0 Å². The van der Waals surface area contributed by atoms with Crippen molar-refractivity contribution in [3.8, 4) is 0 Å². The summed E-state index contributed by atoms with van der Waals surface area (Å²) in [5.74, 6) is 0. The van der Waals surface area contributed by atoms with E-state index >= 15 is 0 Å². The Morgan fingerprint density at radius 1 is 1.10 bits per heavy atom. The zero-order chi connectivity index (χ0) is 14.6. The molecule has 0 unspecified atom stereocenters. The molecule has 1 aliphatic carbocycles. The number of thiocarbonyl (C=S) groups is 1. The molecule has 2 N–H and O–H groups in total. The van der Waals surface area contributed by atoms with Crippen LogP contribution in [0.15, 0.2) is 0 Å². The molecule has 2 fully saturated rings. The molecule has 20 heavy (non-hydrogen) atoms. The van der Waals surface area contributed by atoms with E-state index in [0.717, 1.165) is 51.4 Å². The van der Waals surface area contributed by atoms with Gasteiger partial charge in [-0.25, -0.2) is 0 Å². The van der Waals surface area contributed by atoms with Crippen LogP contribution in [0.5, 0.6) is 0 Å². The van der Waals surface area contributed by atoms with E-state index in [2.05, 4.69) is 0 Å². The van der Waals surface area contributed by atoms with Crippen LogP contribution in [0.2, 0.25) is 0 Å². The van der Waals surface area contributed by atoms with Gasteiger partial charge in [-0.05, 0) is 25.7 Å². The molecule has 1 saturated heterocycles. The molecule has 0 spiro atoms. The summed E-state index contributed by atoms with van der Waals surface area (Å²) in [7, 11) is -3.43. The fourth-order valence-electron chi connectivity index (χ4n) is 3.17. The molecule has 2 rings (SSSR count). The topological polar surface area (TPSA) is 66.6 Å². The maximum Gasteiger partial charge on any atom is 0.282 e. The lowest BCUT2D eigenvalue weighted by atomic mass is 10.2. The van der Waals surface area contributed by atoms with Crippen LogP contribution in [0.3, 0.4) is 0 Å². The number of nitrogens with two attached hydrogens (primary N) is 1. The molecule has 0 atom stereocenters. The highest BCUT2D eigenvalue weighted by Crippen LogP contribution is 2.27. The van der Waals surface area contributed by atoms with Crippen molar-refractivity contribution in [3.05, 3.63) is 0 Å². The van der Waals surface area contributed by atoms with Crippen LogP contribution in [-0.4, -0.2) is 47.7 Å². The van der Waals surface area contributed by atoms with Gasteiger partial charge in [-0.2, -0.15) is 17.0 Å². The summed E-state index contributed by atoms with van der Waals surface area (Å²) in [6, 6.07) is 0.0738. The predicted octanol–water partition coefficient (Wildman–Crippen LogP) is 1.64. The van der Waals surface area contributed by atoms with Crippen LogP contribution in [-0.2, 0) is 10.2 Å². The Kier molecular flexibility index (Phi) is 5.77. The van der Waals surface area contributed by atoms with Gasteiger partial charge < -0.3 is 5.73 Å². The van der Waals surface area contributed by atoms with Crippen molar-refractivity contribution in [2.24, 2.45) is 5.73 Å². The summed E-state index contributed by atoms with van der Waals surface area (Å²) in [4.78, 5) is 0.260. The Morgan fingerprint density at radius 3 is 2.15 bits per heavy atom. The van der Waals surface area contributed by atoms with Crippen molar-refractivity contribution >= 4 is 27.4 Å². The van der Waals surface area contributed by atoms with Gasteiger partial charge >= 0.3 is 0 Å². The maximum atomic E-state index is 12.9. The second kappa shape index (κ2) is 7.15. The number of hydrogen-bond donors (Lipinski definition) is 1. The Labute approximate surface area is 127 Å². The Hall–Kier alpha value is -0.240. The summed E-state index contributed by atoms with van der Waals surface area (Å²) in [6.45, 7) is 1.44. The van der Waals surface area contributed by atoms with E-state index in [9.17, 15) is 8.42 Å². The molecule has 2 aliphatic rings. The minimum atomic E-state index is -3.43. The van der Waals surface area contributed by atoms with E-state index in [1.165, 1.54) is 0 Å². The first-order valence-electron chi connectivity index (χ1n) is 7.57. The Morgan fingerprint density at radius 2 is 1.65 bits per heavy atom. The van der Waals surface area contributed by atoms with Gasteiger partial charge in [0.2, 0.25) is 0 Å². The molecular formula is C13H25N3O2S2. The molecule has 0 amide bonds. The maximum absolute atomic E-state index is 12.9. The van der Waals surface area contributed by atoms with E-state index < -0.39 is 10.2 Å². The van der Waals surface area contributed by atoms with E-state index in [4.69, 9.17) is 18.0 Å². The normalized spacial score (nSPS) is 23.1. The molecule has 5 nitrogen and oxygen atoms in total. The second-order valence-corrected chi connectivity index (χ2v) is 8.18. The van der Waals surface area contributed by atoms with Crippen LogP contribution in [0.4, 0.5) is 0 Å². The van der Waals surface area contributed by atoms with Gasteiger partial charge in [-0.15, -0.1) is 0 Å². The first kappa shape index (κ1) is 16.1. The van der Waals surface area contributed by atoms with Crippen molar-refractivity contribution < 1.29 is 8.42 Å². The van der Waals surface area contributed by atoms with Crippen LogP contribution < -0.4 is 5.73 Å². The third-order valence-electron chi connectivity index (χ3n) is 4.23. The van der Waals surface area contributed by atoms with Crippen LogP contribution in [0.1, 0.15) is 51.4 Å². The highest BCUT2D eigenvalue weighted by Gasteiger charge is 2.36. The molecule has 0 aromatic rings. The lowest BCUT2D eigenvalue weighted by molar-refractivity contribution is 0.308. The molecule has 1 aliphatic heterocycles. The van der Waals surface area contributed by atoms with Gasteiger partial charge in [0.05, 0.1) is 11.5 Å². The van der Waals surface area contributed by atoms with E-state index in [0.29, 0.717) is 13.1 Å². The summed E-state index contributed by atoms with van der Waals surface area (Å²) in [5.41, 5.74) is 5.62. The van der Waals surface area contributed by atoms with Crippen molar-refractivity contribution in [1.29, 1.82) is 0 Å². The summed E-state index contributed by atoms with van der Waals surface area (Å²) < 4.78 is 29.0. The van der Waals surface area contributed by atoms with Gasteiger partial charge in [0, 0.05) is 19.1 Å². The van der Waals surface area contributed by atoms with Crippen LogP contribution in [0.25, 0.3) is 0 Å². The summed E-state index contributed by atoms with van der Waals surface area (Å²) in [6.07, 6.45) is 8.17. The predicted molar refractivity (Wildman–Crippen MR) is 84.7 cm³/mol. The van der Waals surface area contributed by atoms with Crippen molar-refractivity contribution in [2.45, 2.75) is 57.4 Å². The van der Waals surface area contributed by atoms with Crippen molar-refractivity contribution in [1.82, 2.24) is 8.61 Å². The van der Waals surface area contributed by atoms with Crippen molar-refractivity contribution in [2.75, 3.05) is 19.6 Å². The molecular weight excluding hydrogens is 294 g/mol. The number of nitrogens with zero attached hydrogens (tertiary/aromatic N) is 2. The molecule has 116 valence electrons. The highest BCUT2D eigenvalue weighted by atomic mass is 32.2. The van der Waals surface area contributed by atoms with E-state index in [-0.39, 0.29) is 17.6 Å². The van der Waals surface area contributed by atoms with E-state index in [1.807, 2.05) is 0 Å². The fraction of sp³-hybridized carbons (Fsp3) is 0.923. The van der Waals surface area contributed by atoms with Gasteiger partial charge in [0.25, 0.3) is 10.2 Å². The largest absolute Gasteiger partial charge is 0.392 e. The smallest absolute Gasteiger partial charge is 0.282 e. The Bertz CT molecular complexity index is 425. The van der Waals surface area contributed by atoms with Gasteiger partial charge in [-0.1, -0.05) is 37.9 Å². The first-order chi connectivity index (χ1) is 9.51. The third kappa shape index (κ3) is 3.90. The van der Waals surface area contributed by atoms with Gasteiger partial charge in [0.1, 0.15) is 0 Å². The number of rotatable bonds is 5. The minimum Gasteiger partial charge on any atom is -0.392 e. The highest BCUT2D eigenvalue weighted by molar-refractivity contribution is 7.87. The zero-order valence-electron chi connectivity index (χ0n) is 12.0. The minimum absolute atomic E-state index is 0.0738. The summed E-state index contributed by atoms with van der Waals surface area (Å²) in [5, 5.41) is 0. The van der Waals surface area contributed by atoms with Gasteiger partial charge in [-0.3, -0.25) is 0 Å². The number of hydrogen-bond acceptors (Lipinski definition) is 3. The lowest BCUT2D eigenvalue weighted by Crippen LogP contribution is -2.50. The Balaban J connectivity index is 2.17.